The van der Waals surface area contributed by atoms with Crippen molar-refractivity contribution in [2.75, 3.05) is 31.9 Å². The molecule has 114 valence electrons. The molecule has 2 amide bonds. The highest BCUT2D eigenvalue weighted by Gasteiger charge is 2.24. The van der Waals surface area contributed by atoms with E-state index < -0.39 is 23.2 Å². The third-order valence-corrected chi connectivity index (χ3v) is 3.52. The number of hydrogen-bond donors (Lipinski definition) is 1. The van der Waals surface area contributed by atoms with E-state index in [-0.39, 0.29) is 18.0 Å². The molecule has 1 aromatic rings. The molecule has 0 spiro atoms. The molecule has 0 aromatic heterocycles. The lowest BCUT2D eigenvalue weighted by molar-refractivity contribution is -0.128. The number of benzene rings is 1. The zero-order chi connectivity index (χ0) is 15.6. The summed E-state index contributed by atoms with van der Waals surface area (Å²) in [5.74, 6) is -2.33. The van der Waals surface area contributed by atoms with Crippen LogP contribution >= 0.6 is 0 Å². The number of rotatable bonds is 1. The first-order valence-corrected chi connectivity index (χ1v) is 6.69. The number of amides is 2. The molecule has 1 fully saturated rings. The Labute approximate surface area is 121 Å². The lowest BCUT2D eigenvalue weighted by atomic mass is 10.1. The van der Waals surface area contributed by atoms with Gasteiger partial charge in [0.25, 0.3) is 5.91 Å². The van der Waals surface area contributed by atoms with E-state index >= 15 is 0 Å². The monoisotopic (exact) mass is 297 g/mol. The van der Waals surface area contributed by atoms with E-state index in [9.17, 15) is 18.4 Å². The smallest absolute Gasteiger partial charge is 0.257 e. The standard InChI is InChI=1S/C14H17F2N3O2/c1-9(20)18-3-2-4-19(6-5-18)14(21)11-7-10(15)8-12(17)13(11)16/h7-8H,2-6,17H2,1H3. The first-order chi connectivity index (χ1) is 9.90. The third-order valence-electron chi connectivity index (χ3n) is 3.52. The maximum absolute atomic E-state index is 13.9. The third kappa shape index (κ3) is 3.29. The van der Waals surface area contributed by atoms with Crippen molar-refractivity contribution >= 4 is 17.5 Å². The number of carbonyl (C=O) groups is 2. The van der Waals surface area contributed by atoms with Crippen LogP contribution in [0, 0.1) is 11.6 Å². The van der Waals surface area contributed by atoms with E-state index in [1.54, 1.807) is 4.90 Å². The van der Waals surface area contributed by atoms with Crippen molar-refractivity contribution < 1.29 is 18.4 Å². The van der Waals surface area contributed by atoms with Crippen LogP contribution in [0.25, 0.3) is 0 Å². The van der Waals surface area contributed by atoms with Gasteiger partial charge in [-0.3, -0.25) is 9.59 Å². The van der Waals surface area contributed by atoms with Gasteiger partial charge in [0, 0.05) is 33.1 Å². The van der Waals surface area contributed by atoms with Gasteiger partial charge in [-0.15, -0.1) is 0 Å². The molecule has 0 unspecified atom stereocenters. The quantitative estimate of drug-likeness (QED) is 0.793. The minimum absolute atomic E-state index is 0.0644. The van der Waals surface area contributed by atoms with Gasteiger partial charge >= 0.3 is 0 Å². The maximum Gasteiger partial charge on any atom is 0.257 e. The molecule has 0 radical (unpaired) electrons. The predicted octanol–water partition coefficient (Wildman–Crippen LogP) is 1.24. The average molecular weight is 297 g/mol. The molecule has 0 saturated carbocycles. The van der Waals surface area contributed by atoms with Crippen molar-refractivity contribution in [3.8, 4) is 0 Å². The van der Waals surface area contributed by atoms with E-state index in [1.807, 2.05) is 0 Å². The molecule has 1 heterocycles. The van der Waals surface area contributed by atoms with Gasteiger partial charge in [-0.1, -0.05) is 0 Å². The van der Waals surface area contributed by atoms with Gasteiger partial charge in [0.05, 0.1) is 11.3 Å². The summed E-state index contributed by atoms with van der Waals surface area (Å²) in [7, 11) is 0. The van der Waals surface area contributed by atoms with Crippen LogP contribution in [-0.4, -0.2) is 47.8 Å². The van der Waals surface area contributed by atoms with Gasteiger partial charge in [0.2, 0.25) is 5.91 Å². The Balaban J connectivity index is 2.19. The summed E-state index contributed by atoms with van der Waals surface area (Å²) >= 11 is 0. The second-order valence-corrected chi connectivity index (χ2v) is 5.01. The highest BCUT2D eigenvalue weighted by atomic mass is 19.1. The Morgan fingerprint density at radius 2 is 1.71 bits per heavy atom. The van der Waals surface area contributed by atoms with Crippen LogP contribution in [0.4, 0.5) is 14.5 Å². The van der Waals surface area contributed by atoms with Crippen LogP contribution < -0.4 is 5.73 Å². The summed E-state index contributed by atoms with van der Waals surface area (Å²) in [6.45, 7) is 3.07. The van der Waals surface area contributed by atoms with Crippen LogP contribution in [0.2, 0.25) is 0 Å². The molecule has 0 aliphatic carbocycles. The Morgan fingerprint density at radius 1 is 1.10 bits per heavy atom. The van der Waals surface area contributed by atoms with E-state index in [4.69, 9.17) is 5.73 Å². The van der Waals surface area contributed by atoms with Crippen LogP contribution in [-0.2, 0) is 4.79 Å². The summed E-state index contributed by atoms with van der Waals surface area (Å²) in [5, 5.41) is 0. The van der Waals surface area contributed by atoms with Gasteiger partial charge < -0.3 is 15.5 Å². The number of nitrogen functional groups attached to an aromatic ring is 1. The second-order valence-electron chi connectivity index (χ2n) is 5.01. The first-order valence-electron chi connectivity index (χ1n) is 6.69. The molecule has 21 heavy (non-hydrogen) atoms. The fourth-order valence-electron chi connectivity index (χ4n) is 2.37. The summed E-state index contributed by atoms with van der Waals surface area (Å²) in [4.78, 5) is 26.7. The number of nitrogens with zero attached hydrogens (tertiary/aromatic N) is 2. The minimum atomic E-state index is -0.908. The predicted molar refractivity (Wildman–Crippen MR) is 73.5 cm³/mol. The van der Waals surface area contributed by atoms with Gasteiger partial charge in [0.1, 0.15) is 5.82 Å². The van der Waals surface area contributed by atoms with Crippen molar-refractivity contribution in [2.24, 2.45) is 0 Å². The van der Waals surface area contributed by atoms with E-state index in [1.165, 1.54) is 11.8 Å². The van der Waals surface area contributed by atoms with E-state index in [0.717, 1.165) is 12.1 Å². The van der Waals surface area contributed by atoms with Crippen molar-refractivity contribution in [1.82, 2.24) is 9.80 Å². The van der Waals surface area contributed by atoms with Gasteiger partial charge in [0.15, 0.2) is 5.82 Å². The Morgan fingerprint density at radius 3 is 2.38 bits per heavy atom. The van der Waals surface area contributed by atoms with Crippen LogP contribution in [0.5, 0.6) is 0 Å². The summed E-state index contributed by atoms with van der Waals surface area (Å²) in [5.41, 5.74) is 4.58. The van der Waals surface area contributed by atoms with Gasteiger partial charge in [-0.2, -0.15) is 0 Å². The molecule has 7 heteroatoms. The van der Waals surface area contributed by atoms with Gasteiger partial charge in [-0.05, 0) is 18.6 Å². The Bertz CT molecular complexity index is 578. The summed E-state index contributed by atoms with van der Waals surface area (Å²) < 4.78 is 27.2. The van der Waals surface area contributed by atoms with Crippen molar-refractivity contribution in [3.63, 3.8) is 0 Å². The Kier molecular flexibility index (Phi) is 4.40. The minimum Gasteiger partial charge on any atom is -0.396 e. The second kappa shape index (κ2) is 6.07. The molecule has 1 aliphatic rings. The zero-order valence-electron chi connectivity index (χ0n) is 11.7. The topological polar surface area (TPSA) is 66.6 Å². The summed E-state index contributed by atoms with van der Waals surface area (Å²) in [6.07, 6.45) is 0.595. The molecule has 0 atom stereocenters. The molecule has 2 N–H and O–H groups in total. The molecule has 1 saturated heterocycles. The molecular formula is C14H17F2N3O2. The van der Waals surface area contributed by atoms with Crippen molar-refractivity contribution in [2.45, 2.75) is 13.3 Å². The number of hydrogen-bond acceptors (Lipinski definition) is 3. The highest BCUT2D eigenvalue weighted by molar-refractivity contribution is 5.95. The molecule has 0 bridgehead atoms. The molecule has 1 aromatic carbocycles. The number of nitrogens with two attached hydrogens (primary N) is 1. The average Bonchev–Trinajstić information content (AvgIpc) is 2.68. The fourth-order valence-corrected chi connectivity index (χ4v) is 2.37. The Hall–Kier alpha value is -2.18. The lowest BCUT2D eigenvalue weighted by Gasteiger charge is -2.22. The van der Waals surface area contributed by atoms with Crippen LogP contribution in [0.15, 0.2) is 12.1 Å². The molecular weight excluding hydrogens is 280 g/mol. The SMILES string of the molecule is CC(=O)N1CCCN(C(=O)c2cc(F)cc(N)c2F)CC1. The van der Waals surface area contributed by atoms with Crippen LogP contribution in [0.1, 0.15) is 23.7 Å². The summed E-state index contributed by atoms with van der Waals surface area (Å²) in [6, 6.07) is 1.69. The fraction of sp³-hybridized carbons (Fsp3) is 0.429. The molecule has 5 nitrogen and oxygen atoms in total. The number of anilines is 1. The number of halogens is 2. The number of carbonyl (C=O) groups excluding carboxylic acids is 2. The van der Waals surface area contributed by atoms with E-state index in [0.29, 0.717) is 26.1 Å². The van der Waals surface area contributed by atoms with Crippen molar-refractivity contribution in [1.29, 1.82) is 0 Å². The first kappa shape index (κ1) is 15.2. The normalized spacial score (nSPS) is 15.8. The lowest BCUT2D eigenvalue weighted by Crippen LogP contribution is -2.37. The molecule has 1 aliphatic heterocycles. The van der Waals surface area contributed by atoms with Gasteiger partial charge in [-0.25, -0.2) is 8.78 Å². The van der Waals surface area contributed by atoms with Crippen LogP contribution in [0.3, 0.4) is 0 Å². The van der Waals surface area contributed by atoms with E-state index in [2.05, 4.69) is 0 Å². The van der Waals surface area contributed by atoms with Crippen molar-refractivity contribution in [3.05, 3.63) is 29.3 Å². The highest BCUT2D eigenvalue weighted by Crippen LogP contribution is 2.20. The maximum atomic E-state index is 13.9. The largest absolute Gasteiger partial charge is 0.396 e. The zero-order valence-corrected chi connectivity index (χ0v) is 11.7. The molecule has 2 rings (SSSR count).